The van der Waals surface area contributed by atoms with Crippen LogP contribution in [0.1, 0.15) is 28.0 Å². The van der Waals surface area contributed by atoms with Crippen LogP contribution in [-0.2, 0) is 11.2 Å². The molecule has 0 saturated carbocycles. The first kappa shape index (κ1) is 27.1. The largest absolute Gasteiger partial charge is 0.497 e. The molecule has 0 radical (unpaired) electrons. The van der Waals surface area contributed by atoms with E-state index in [2.05, 4.69) is 0 Å². The third-order valence-corrected chi connectivity index (χ3v) is 7.40. The van der Waals surface area contributed by atoms with Gasteiger partial charge in [-0.15, -0.1) is 0 Å². The van der Waals surface area contributed by atoms with Crippen LogP contribution in [0.3, 0.4) is 0 Å². The van der Waals surface area contributed by atoms with Gasteiger partial charge in [-0.25, -0.2) is 8.78 Å². The molecule has 6 nitrogen and oxygen atoms in total. The van der Waals surface area contributed by atoms with E-state index < -0.39 is 11.6 Å². The van der Waals surface area contributed by atoms with E-state index in [0.717, 1.165) is 17.2 Å². The number of nitrogens with zero attached hydrogens (tertiary/aromatic N) is 3. The summed E-state index contributed by atoms with van der Waals surface area (Å²) >= 11 is 0. The highest BCUT2D eigenvalue weighted by atomic mass is 19.1. The van der Waals surface area contributed by atoms with Gasteiger partial charge in [-0.2, -0.15) is 0 Å². The van der Waals surface area contributed by atoms with Crippen molar-refractivity contribution in [2.45, 2.75) is 19.8 Å². The third kappa shape index (κ3) is 5.61. The molecule has 206 valence electrons. The molecular weight excluding hydrogens is 512 g/mol. The molecule has 1 fully saturated rings. The van der Waals surface area contributed by atoms with E-state index in [1.807, 2.05) is 42.5 Å². The second kappa shape index (κ2) is 11.7. The summed E-state index contributed by atoms with van der Waals surface area (Å²) in [4.78, 5) is 30.0. The summed E-state index contributed by atoms with van der Waals surface area (Å²) in [5.41, 5.74) is 3.60. The second-order valence-electron chi connectivity index (χ2n) is 9.85. The minimum atomic E-state index is -0.727. The zero-order valence-electron chi connectivity index (χ0n) is 22.6. The first-order valence-electron chi connectivity index (χ1n) is 13.3. The number of carbonyl (C=O) groups is 2. The highest BCUT2D eigenvalue weighted by molar-refractivity contribution is 5.97. The van der Waals surface area contributed by atoms with Crippen LogP contribution < -0.4 is 4.74 Å². The zero-order chi connectivity index (χ0) is 28.2. The number of halogens is 2. The number of methoxy groups -OCH3 is 1. The van der Waals surface area contributed by atoms with E-state index in [1.54, 1.807) is 46.6 Å². The Morgan fingerprint density at radius 2 is 1.52 bits per heavy atom. The fourth-order valence-electron chi connectivity index (χ4n) is 5.15. The average molecular weight is 544 g/mol. The highest BCUT2D eigenvalue weighted by Crippen LogP contribution is 2.32. The molecule has 4 aromatic rings. The summed E-state index contributed by atoms with van der Waals surface area (Å²) in [7, 11) is 1.57. The Morgan fingerprint density at radius 1 is 0.850 bits per heavy atom. The van der Waals surface area contributed by atoms with Gasteiger partial charge in [0, 0.05) is 44.4 Å². The predicted molar refractivity (Wildman–Crippen MR) is 150 cm³/mol. The maximum atomic E-state index is 15.0. The van der Waals surface area contributed by atoms with Crippen molar-refractivity contribution in [3.63, 3.8) is 0 Å². The number of aryl methyl sites for hydroxylation is 1. The number of hydrogen-bond acceptors (Lipinski definition) is 3. The number of piperazine rings is 1. The quantitative estimate of drug-likeness (QED) is 0.303. The Hall–Kier alpha value is -4.46. The molecule has 0 aliphatic carbocycles. The Morgan fingerprint density at radius 3 is 2.17 bits per heavy atom. The molecule has 2 amide bonds. The molecule has 0 unspecified atom stereocenters. The fraction of sp³-hybridized carbons (Fsp3) is 0.250. The van der Waals surface area contributed by atoms with Crippen molar-refractivity contribution < 1.29 is 23.1 Å². The van der Waals surface area contributed by atoms with Gasteiger partial charge < -0.3 is 19.1 Å². The van der Waals surface area contributed by atoms with Gasteiger partial charge in [0.2, 0.25) is 5.91 Å². The number of aromatic nitrogens is 1. The lowest BCUT2D eigenvalue weighted by Gasteiger charge is -2.35. The molecule has 1 aliphatic rings. The molecule has 0 N–H and O–H groups in total. The van der Waals surface area contributed by atoms with Crippen LogP contribution in [0.5, 0.6) is 5.75 Å². The van der Waals surface area contributed by atoms with Crippen molar-refractivity contribution in [3.8, 4) is 22.7 Å². The standard InChI is InChI=1S/C32H31F2N3O3/c1-22-27(32(39)36-18-16-35(17-19-36)31(38)15-8-23-6-4-3-5-7-23)21-30(24-9-12-26(40-2)13-10-24)37(22)29-14-11-25(33)20-28(29)34/h3-7,9-14,20-21H,8,15-19H2,1-2H3. The Labute approximate surface area is 232 Å². The van der Waals surface area contributed by atoms with Gasteiger partial charge in [-0.05, 0) is 66.9 Å². The summed E-state index contributed by atoms with van der Waals surface area (Å²) in [6.45, 7) is 3.48. The molecule has 1 saturated heterocycles. The second-order valence-corrected chi connectivity index (χ2v) is 9.85. The molecule has 0 atom stereocenters. The van der Waals surface area contributed by atoms with Gasteiger partial charge in [0.25, 0.3) is 5.91 Å². The fourth-order valence-corrected chi connectivity index (χ4v) is 5.15. The molecule has 8 heteroatoms. The maximum Gasteiger partial charge on any atom is 0.255 e. The van der Waals surface area contributed by atoms with E-state index in [0.29, 0.717) is 61.7 Å². The van der Waals surface area contributed by atoms with Crippen LogP contribution in [0.2, 0.25) is 0 Å². The first-order chi connectivity index (χ1) is 19.4. The van der Waals surface area contributed by atoms with Crippen molar-refractivity contribution >= 4 is 11.8 Å². The average Bonchev–Trinajstić information content (AvgIpc) is 3.32. The molecule has 1 aromatic heterocycles. The minimum Gasteiger partial charge on any atom is -0.497 e. The Balaban J connectivity index is 1.37. The van der Waals surface area contributed by atoms with E-state index in [9.17, 15) is 18.4 Å². The molecule has 40 heavy (non-hydrogen) atoms. The molecule has 3 aromatic carbocycles. The van der Waals surface area contributed by atoms with Crippen molar-refractivity contribution in [3.05, 3.63) is 107 Å². The van der Waals surface area contributed by atoms with Crippen LogP contribution in [0.25, 0.3) is 16.9 Å². The number of rotatable bonds is 7. The van der Waals surface area contributed by atoms with Crippen LogP contribution in [0.4, 0.5) is 8.78 Å². The van der Waals surface area contributed by atoms with Crippen LogP contribution >= 0.6 is 0 Å². The van der Waals surface area contributed by atoms with Crippen molar-refractivity contribution in [1.82, 2.24) is 14.4 Å². The molecule has 0 spiro atoms. The SMILES string of the molecule is COc1ccc(-c2cc(C(=O)N3CCN(C(=O)CCc4ccccc4)CC3)c(C)n2-c2ccc(F)cc2F)cc1. The lowest BCUT2D eigenvalue weighted by Crippen LogP contribution is -2.50. The van der Waals surface area contributed by atoms with E-state index in [1.165, 1.54) is 12.1 Å². The minimum absolute atomic E-state index is 0.0758. The summed E-state index contributed by atoms with van der Waals surface area (Å²) in [5, 5.41) is 0. The number of ether oxygens (including phenoxy) is 1. The zero-order valence-corrected chi connectivity index (χ0v) is 22.6. The third-order valence-electron chi connectivity index (χ3n) is 7.40. The van der Waals surface area contributed by atoms with E-state index >= 15 is 0 Å². The summed E-state index contributed by atoms with van der Waals surface area (Å²) in [5.74, 6) is -0.851. The Kier molecular flexibility index (Phi) is 7.96. The number of hydrogen-bond donors (Lipinski definition) is 0. The summed E-state index contributed by atoms with van der Waals surface area (Å²) < 4.78 is 35.6. The number of amides is 2. The first-order valence-corrected chi connectivity index (χ1v) is 13.3. The summed E-state index contributed by atoms with van der Waals surface area (Å²) in [6, 6.07) is 22.3. The number of benzene rings is 3. The molecular formula is C32H31F2N3O3. The van der Waals surface area contributed by atoms with Gasteiger partial charge >= 0.3 is 0 Å². The van der Waals surface area contributed by atoms with Gasteiger partial charge in [-0.3, -0.25) is 9.59 Å². The topological polar surface area (TPSA) is 54.8 Å². The lowest BCUT2D eigenvalue weighted by atomic mass is 10.1. The maximum absolute atomic E-state index is 15.0. The summed E-state index contributed by atoms with van der Waals surface area (Å²) in [6.07, 6.45) is 1.11. The predicted octanol–water partition coefficient (Wildman–Crippen LogP) is 5.66. The molecule has 2 heterocycles. The van der Waals surface area contributed by atoms with Gasteiger partial charge in [0.1, 0.15) is 17.4 Å². The van der Waals surface area contributed by atoms with E-state index in [4.69, 9.17) is 4.74 Å². The monoisotopic (exact) mass is 543 g/mol. The Bertz CT molecular complexity index is 1510. The lowest BCUT2D eigenvalue weighted by molar-refractivity contribution is -0.132. The van der Waals surface area contributed by atoms with Gasteiger partial charge in [0.15, 0.2) is 0 Å². The van der Waals surface area contributed by atoms with Crippen LogP contribution in [-0.4, -0.2) is 59.5 Å². The smallest absolute Gasteiger partial charge is 0.255 e. The molecule has 1 aliphatic heterocycles. The molecule has 0 bridgehead atoms. The van der Waals surface area contributed by atoms with E-state index in [-0.39, 0.29) is 17.5 Å². The van der Waals surface area contributed by atoms with Crippen molar-refractivity contribution in [1.29, 1.82) is 0 Å². The van der Waals surface area contributed by atoms with Gasteiger partial charge in [-0.1, -0.05) is 30.3 Å². The normalized spacial score (nSPS) is 13.4. The van der Waals surface area contributed by atoms with Crippen molar-refractivity contribution in [2.75, 3.05) is 33.3 Å². The molecule has 5 rings (SSSR count). The number of carbonyl (C=O) groups excluding carboxylic acids is 2. The van der Waals surface area contributed by atoms with Crippen molar-refractivity contribution in [2.24, 2.45) is 0 Å². The van der Waals surface area contributed by atoms with Crippen LogP contribution in [0.15, 0.2) is 78.9 Å². The van der Waals surface area contributed by atoms with Gasteiger partial charge in [0.05, 0.1) is 24.1 Å². The highest BCUT2D eigenvalue weighted by Gasteiger charge is 2.28. The van der Waals surface area contributed by atoms with Crippen LogP contribution in [0, 0.1) is 18.6 Å².